The molecule has 0 aromatic carbocycles. The van der Waals surface area contributed by atoms with Crippen LogP contribution in [0.2, 0.25) is 0 Å². The van der Waals surface area contributed by atoms with Gasteiger partial charge in [-0.2, -0.15) is 0 Å². The predicted molar refractivity (Wildman–Crippen MR) is 85.2 cm³/mol. The van der Waals surface area contributed by atoms with Crippen LogP contribution in [0, 0.1) is 0 Å². The molecule has 1 saturated heterocycles. The van der Waals surface area contributed by atoms with Crippen molar-refractivity contribution < 1.29 is 18.9 Å². The summed E-state index contributed by atoms with van der Waals surface area (Å²) < 4.78 is 5.17. The number of quaternary nitrogens is 1. The summed E-state index contributed by atoms with van der Waals surface area (Å²) in [6.45, 7) is 4.91. The zero-order valence-corrected chi connectivity index (χ0v) is 13.7. The fourth-order valence-electron chi connectivity index (χ4n) is 3.57. The first-order valence-electron chi connectivity index (χ1n) is 8.63. The average molecular weight is 320 g/mol. The van der Waals surface area contributed by atoms with E-state index in [1.807, 2.05) is 11.8 Å². The minimum absolute atomic E-state index is 0.0582. The topological polar surface area (TPSA) is 67.0 Å². The van der Waals surface area contributed by atoms with Gasteiger partial charge >= 0.3 is 0 Å². The molecule has 2 N–H and O–H groups in total. The third-order valence-electron chi connectivity index (χ3n) is 5.13. The van der Waals surface area contributed by atoms with Crippen molar-refractivity contribution in [3.8, 4) is 0 Å². The summed E-state index contributed by atoms with van der Waals surface area (Å²) in [4.78, 5) is 27.7. The van der Waals surface area contributed by atoms with E-state index in [2.05, 4.69) is 5.32 Å². The minimum atomic E-state index is -0.0588. The lowest BCUT2D eigenvalue weighted by Gasteiger charge is -2.34. The van der Waals surface area contributed by atoms with E-state index in [9.17, 15) is 9.59 Å². The van der Waals surface area contributed by atoms with Crippen molar-refractivity contribution in [2.45, 2.75) is 44.7 Å². The second kappa shape index (κ2) is 7.17. The van der Waals surface area contributed by atoms with Crippen LogP contribution >= 0.6 is 0 Å². The van der Waals surface area contributed by atoms with Crippen LogP contribution < -0.4 is 10.2 Å². The Kier molecular flexibility index (Phi) is 5.00. The smallest absolute Gasteiger partial charge is 0.289 e. The van der Waals surface area contributed by atoms with Crippen molar-refractivity contribution in [1.29, 1.82) is 0 Å². The Balaban J connectivity index is 1.48. The summed E-state index contributed by atoms with van der Waals surface area (Å²) in [5.74, 6) is 0.482. The number of rotatable bonds is 4. The average Bonchev–Trinajstić information content (AvgIpc) is 3.27. The number of hydrogen-bond acceptors (Lipinski definition) is 3. The maximum atomic E-state index is 12.4. The van der Waals surface area contributed by atoms with Crippen LogP contribution in [0.4, 0.5) is 0 Å². The fourth-order valence-corrected chi connectivity index (χ4v) is 3.57. The number of carbonyl (C=O) groups excluding carboxylic acids is 2. The molecular weight excluding hydrogens is 294 g/mol. The number of nitrogens with zero attached hydrogens (tertiary/aromatic N) is 1. The van der Waals surface area contributed by atoms with E-state index in [-0.39, 0.29) is 17.9 Å². The van der Waals surface area contributed by atoms with Crippen LogP contribution in [-0.4, -0.2) is 55.0 Å². The van der Waals surface area contributed by atoms with Gasteiger partial charge in [0.05, 0.1) is 32.4 Å². The van der Waals surface area contributed by atoms with E-state index in [1.54, 1.807) is 12.1 Å². The van der Waals surface area contributed by atoms with Crippen molar-refractivity contribution in [2.75, 3.05) is 26.2 Å². The van der Waals surface area contributed by atoms with E-state index in [0.717, 1.165) is 25.9 Å². The van der Waals surface area contributed by atoms with Crippen molar-refractivity contribution in [1.82, 2.24) is 10.2 Å². The highest BCUT2D eigenvalue weighted by Crippen LogP contribution is 2.17. The van der Waals surface area contributed by atoms with Crippen molar-refractivity contribution in [3.63, 3.8) is 0 Å². The Bertz CT molecular complexity index is 529. The molecule has 0 bridgehead atoms. The van der Waals surface area contributed by atoms with E-state index in [0.29, 0.717) is 24.9 Å². The molecule has 3 rings (SSSR count). The molecule has 2 heterocycles. The van der Waals surface area contributed by atoms with Crippen LogP contribution in [0.3, 0.4) is 0 Å². The highest BCUT2D eigenvalue weighted by Gasteiger charge is 2.32. The zero-order valence-electron chi connectivity index (χ0n) is 13.7. The van der Waals surface area contributed by atoms with Gasteiger partial charge in [-0.15, -0.1) is 0 Å². The molecule has 2 fully saturated rings. The Morgan fingerprint density at radius 3 is 2.61 bits per heavy atom. The van der Waals surface area contributed by atoms with Crippen molar-refractivity contribution >= 4 is 11.8 Å². The maximum absolute atomic E-state index is 12.4. The maximum Gasteiger partial charge on any atom is 0.289 e. The van der Waals surface area contributed by atoms with Gasteiger partial charge in [-0.3, -0.25) is 9.59 Å². The Hall–Kier alpha value is -1.82. The zero-order chi connectivity index (χ0) is 16.2. The summed E-state index contributed by atoms with van der Waals surface area (Å²) in [5.41, 5.74) is 0. The molecule has 1 aliphatic heterocycles. The van der Waals surface area contributed by atoms with Crippen molar-refractivity contribution in [3.05, 3.63) is 24.2 Å². The number of nitrogens with one attached hydrogen (secondary N) is 2. The first-order valence-corrected chi connectivity index (χ1v) is 8.63. The van der Waals surface area contributed by atoms with Crippen LogP contribution in [0.25, 0.3) is 0 Å². The lowest BCUT2D eigenvalue weighted by Crippen LogP contribution is -3.19. The standard InChI is InChI=1S/C17H25N3O3/c1-13(16(21)18-14-5-2-3-6-14)19-8-10-20(11-9-19)17(22)15-7-4-12-23-15/h4,7,12-14H,2-3,5-6,8-11H2,1H3,(H,18,21)/p+1/t13-/m1/s1. The van der Waals surface area contributed by atoms with Crippen LogP contribution in [0.5, 0.6) is 0 Å². The quantitative estimate of drug-likeness (QED) is 0.825. The molecule has 23 heavy (non-hydrogen) atoms. The van der Waals surface area contributed by atoms with Gasteiger partial charge in [-0.25, -0.2) is 0 Å². The van der Waals surface area contributed by atoms with Crippen LogP contribution in [0.1, 0.15) is 43.2 Å². The van der Waals surface area contributed by atoms with Crippen LogP contribution in [0.15, 0.2) is 22.8 Å². The van der Waals surface area contributed by atoms with Gasteiger partial charge in [0.25, 0.3) is 11.8 Å². The molecule has 1 aliphatic carbocycles. The molecule has 0 unspecified atom stereocenters. The van der Waals surface area contributed by atoms with Gasteiger partial charge in [-0.05, 0) is 31.9 Å². The van der Waals surface area contributed by atoms with E-state index in [1.165, 1.54) is 24.0 Å². The van der Waals surface area contributed by atoms with Gasteiger partial charge in [-0.1, -0.05) is 12.8 Å². The minimum Gasteiger partial charge on any atom is -0.459 e. The SMILES string of the molecule is C[C@H](C(=O)NC1CCCC1)[NH+]1CCN(C(=O)c2ccco2)CC1. The fraction of sp³-hybridized carbons (Fsp3) is 0.647. The predicted octanol–water partition coefficient (Wildman–Crippen LogP) is 0.0676. The summed E-state index contributed by atoms with van der Waals surface area (Å²) in [6, 6.07) is 3.73. The number of furan rings is 1. The largest absolute Gasteiger partial charge is 0.459 e. The van der Waals surface area contributed by atoms with Gasteiger partial charge in [0, 0.05) is 6.04 Å². The number of amides is 2. The molecule has 1 aromatic rings. The Morgan fingerprint density at radius 1 is 1.30 bits per heavy atom. The second-order valence-electron chi connectivity index (χ2n) is 6.64. The van der Waals surface area contributed by atoms with E-state index < -0.39 is 0 Å². The highest BCUT2D eigenvalue weighted by atomic mass is 16.3. The summed E-state index contributed by atoms with van der Waals surface area (Å²) in [6.07, 6.45) is 6.18. The lowest BCUT2D eigenvalue weighted by atomic mass is 10.2. The van der Waals surface area contributed by atoms with Gasteiger partial charge < -0.3 is 19.5 Å². The number of piperazine rings is 1. The van der Waals surface area contributed by atoms with Gasteiger partial charge in [0.1, 0.15) is 0 Å². The molecule has 2 amide bonds. The van der Waals surface area contributed by atoms with Gasteiger partial charge in [0.15, 0.2) is 11.8 Å². The third-order valence-corrected chi connectivity index (χ3v) is 5.13. The first kappa shape index (κ1) is 16.1. The molecular formula is C17H26N3O3+. The summed E-state index contributed by atoms with van der Waals surface area (Å²) in [7, 11) is 0. The van der Waals surface area contributed by atoms with Crippen molar-refractivity contribution in [2.24, 2.45) is 0 Å². The monoisotopic (exact) mass is 320 g/mol. The summed E-state index contributed by atoms with van der Waals surface area (Å²) >= 11 is 0. The third kappa shape index (κ3) is 3.75. The van der Waals surface area contributed by atoms with Crippen LogP contribution in [-0.2, 0) is 4.79 Å². The van der Waals surface area contributed by atoms with E-state index >= 15 is 0 Å². The molecule has 1 aromatic heterocycles. The molecule has 1 atom stereocenters. The highest BCUT2D eigenvalue weighted by molar-refractivity contribution is 5.91. The molecule has 6 heteroatoms. The normalized spacial score (nSPS) is 21.3. The molecule has 1 saturated carbocycles. The number of hydrogen-bond donors (Lipinski definition) is 2. The molecule has 2 aliphatic rings. The molecule has 6 nitrogen and oxygen atoms in total. The summed E-state index contributed by atoms with van der Waals surface area (Å²) in [5, 5.41) is 3.18. The number of carbonyl (C=O) groups is 2. The molecule has 126 valence electrons. The second-order valence-corrected chi connectivity index (χ2v) is 6.64. The lowest BCUT2D eigenvalue weighted by molar-refractivity contribution is -0.917. The Morgan fingerprint density at radius 2 is 2.00 bits per heavy atom. The van der Waals surface area contributed by atoms with E-state index in [4.69, 9.17) is 4.42 Å². The van der Waals surface area contributed by atoms with Gasteiger partial charge in [0.2, 0.25) is 0 Å². The first-order chi connectivity index (χ1) is 11.1. The molecule has 0 radical (unpaired) electrons. The Labute approximate surface area is 136 Å². The molecule has 0 spiro atoms.